The molecule has 2 fully saturated rings. The molecule has 25 heavy (non-hydrogen) atoms. The lowest BCUT2D eigenvalue weighted by Gasteiger charge is -2.33. The second kappa shape index (κ2) is 7.87. The monoisotopic (exact) mass is 364 g/mol. The smallest absolute Gasteiger partial charge is 0.223 e. The Morgan fingerprint density at radius 1 is 1.00 bits per heavy atom. The zero-order chi connectivity index (χ0) is 17.9. The van der Waals surface area contributed by atoms with E-state index in [2.05, 4.69) is 29.6 Å². The van der Waals surface area contributed by atoms with Crippen molar-refractivity contribution in [3.8, 4) is 0 Å². The average molecular weight is 365 g/mol. The van der Waals surface area contributed by atoms with Crippen LogP contribution in [0, 0.1) is 5.92 Å². The molecule has 1 aliphatic carbocycles. The molecule has 3 rings (SSSR count). The van der Waals surface area contributed by atoms with E-state index in [-0.39, 0.29) is 17.9 Å². The van der Waals surface area contributed by atoms with Crippen LogP contribution >= 0.6 is 0 Å². The molecular formula is C19H28N2O3S. The maximum Gasteiger partial charge on any atom is 0.223 e. The molecule has 0 unspecified atom stereocenters. The summed E-state index contributed by atoms with van der Waals surface area (Å²) in [4.78, 5) is 12.5. The fraction of sp³-hybridized carbons (Fsp3) is 0.632. The van der Waals surface area contributed by atoms with Gasteiger partial charge in [-0.25, -0.2) is 12.7 Å². The van der Waals surface area contributed by atoms with Crippen LogP contribution in [0.2, 0.25) is 0 Å². The first kappa shape index (κ1) is 18.4. The van der Waals surface area contributed by atoms with Gasteiger partial charge in [-0.3, -0.25) is 4.79 Å². The lowest BCUT2D eigenvalue weighted by molar-refractivity contribution is -0.127. The Morgan fingerprint density at radius 3 is 2.16 bits per heavy atom. The lowest BCUT2D eigenvalue weighted by atomic mass is 9.81. The Labute approximate surface area is 150 Å². The van der Waals surface area contributed by atoms with E-state index in [1.807, 2.05) is 6.07 Å². The fourth-order valence-electron chi connectivity index (χ4n) is 4.06. The van der Waals surface area contributed by atoms with Crippen LogP contribution in [0.5, 0.6) is 0 Å². The number of nitrogens with one attached hydrogen (secondary N) is 1. The van der Waals surface area contributed by atoms with Gasteiger partial charge in [-0.2, -0.15) is 0 Å². The van der Waals surface area contributed by atoms with Gasteiger partial charge in [0.25, 0.3) is 0 Å². The summed E-state index contributed by atoms with van der Waals surface area (Å²) < 4.78 is 24.6. The number of sulfonamides is 1. The number of benzene rings is 1. The van der Waals surface area contributed by atoms with Gasteiger partial charge in [0.05, 0.1) is 6.26 Å². The molecule has 6 heteroatoms. The second-order valence-corrected chi connectivity index (χ2v) is 9.39. The van der Waals surface area contributed by atoms with Gasteiger partial charge in [-0.1, -0.05) is 30.3 Å². The summed E-state index contributed by atoms with van der Waals surface area (Å²) in [6.07, 6.45) is 6.75. The Balaban J connectivity index is 1.44. The third kappa shape index (κ3) is 4.82. The third-order valence-electron chi connectivity index (χ3n) is 5.64. The maximum absolute atomic E-state index is 12.5. The van der Waals surface area contributed by atoms with Crippen LogP contribution in [0.15, 0.2) is 30.3 Å². The minimum absolute atomic E-state index is 0.0511. The highest BCUT2D eigenvalue weighted by Crippen LogP contribution is 2.33. The van der Waals surface area contributed by atoms with Gasteiger partial charge in [0.2, 0.25) is 15.9 Å². The van der Waals surface area contributed by atoms with E-state index in [1.54, 1.807) is 0 Å². The van der Waals surface area contributed by atoms with E-state index in [0.29, 0.717) is 31.8 Å². The summed E-state index contributed by atoms with van der Waals surface area (Å²) in [5.74, 6) is 0.661. The summed E-state index contributed by atoms with van der Waals surface area (Å²) in [6, 6.07) is 10.9. The molecule has 1 amide bonds. The highest BCUT2D eigenvalue weighted by Gasteiger charge is 2.31. The molecule has 1 saturated carbocycles. The molecule has 0 aromatic heterocycles. The molecular weight excluding hydrogens is 336 g/mol. The van der Waals surface area contributed by atoms with Crippen molar-refractivity contribution in [1.29, 1.82) is 0 Å². The van der Waals surface area contributed by atoms with Crippen LogP contribution in [-0.2, 0) is 14.8 Å². The molecule has 0 atom stereocenters. The summed E-state index contributed by atoms with van der Waals surface area (Å²) in [6.45, 7) is 0.912. The zero-order valence-electron chi connectivity index (χ0n) is 14.9. The number of amides is 1. The zero-order valence-corrected chi connectivity index (χ0v) is 15.7. The van der Waals surface area contributed by atoms with Crippen molar-refractivity contribution < 1.29 is 13.2 Å². The van der Waals surface area contributed by atoms with Crippen LogP contribution in [0.4, 0.5) is 0 Å². The standard InChI is InChI=1S/C19H28N2O3S/c1-25(23,24)21-13-11-17(12-14-21)19(22)20-18-9-7-16(8-10-18)15-5-3-2-4-6-15/h2-6,16-18H,7-14H2,1H3,(H,20,22). The summed E-state index contributed by atoms with van der Waals surface area (Å²) in [7, 11) is -3.13. The topological polar surface area (TPSA) is 66.5 Å². The van der Waals surface area contributed by atoms with Crippen LogP contribution < -0.4 is 5.32 Å². The lowest BCUT2D eigenvalue weighted by Crippen LogP contribution is -2.45. The number of hydrogen-bond donors (Lipinski definition) is 1. The van der Waals surface area contributed by atoms with E-state index >= 15 is 0 Å². The van der Waals surface area contributed by atoms with Crippen molar-refractivity contribution in [3.63, 3.8) is 0 Å². The minimum atomic E-state index is -3.13. The van der Waals surface area contributed by atoms with Crippen molar-refractivity contribution in [2.45, 2.75) is 50.5 Å². The van der Waals surface area contributed by atoms with E-state index in [0.717, 1.165) is 25.7 Å². The number of rotatable bonds is 4. The number of carbonyl (C=O) groups is 1. The third-order valence-corrected chi connectivity index (χ3v) is 6.94. The van der Waals surface area contributed by atoms with Gasteiger partial charge in [0.1, 0.15) is 0 Å². The molecule has 0 bridgehead atoms. The predicted octanol–water partition coefficient (Wildman–Crippen LogP) is 2.50. The van der Waals surface area contributed by atoms with Crippen molar-refractivity contribution in [3.05, 3.63) is 35.9 Å². The Bertz CT molecular complexity index is 674. The van der Waals surface area contributed by atoms with E-state index < -0.39 is 10.0 Å². The molecule has 0 radical (unpaired) electrons. The number of hydrogen-bond acceptors (Lipinski definition) is 3. The quantitative estimate of drug-likeness (QED) is 0.893. The molecule has 1 aromatic rings. The second-order valence-electron chi connectivity index (χ2n) is 7.40. The van der Waals surface area contributed by atoms with Gasteiger partial charge < -0.3 is 5.32 Å². The van der Waals surface area contributed by atoms with E-state index in [4.69, 9.17) is 0 Å². The van der Waals surface area contributed by atoms with Crippen LogP contribution in [0.1, 0.15) is 50.0 Å². The van der Waals surface area contributed by atoms with Gasteiger partial charge in [-0.15, -0.1) is 0 Å². The molecule has 1 N–H and O–H groups in total. The van der Waals surface area contributed by atoms with Crippen molar-refractivity contribution in [2.24, 2.45) is 5.92 Å². The summed E-state index contributed by atoms with van der Waals surface area (Å²) >= 11 is 0. The summed E-state index contributed by atoms with van der Waals surface area (Å²) in [5, 5.41) is 3.21. The van der Waals surface area contributed by atoms with E-state index in [1.165, 1.54) is 16.1 Å². The predicted molar refractivity (Wildman–Crippen MR) is 98.7 cm³/mol. The maximum atomic E-state index is 12.5. The molecule has 1 saturated heterocycles. The molecule has 0 spiro atoms. The molecule has 1 aromatic carbocycles. The van der Waals surface area contributed by atoms with Gasteiger partial charge in [0, 0.05) is 25.0 Å². The molecule has 1 aliphatic heterocycles. The van der Waals surface area contributed by atoms with Gasteiger partial charge in [0.15, 0.2) is 0 Å². The Kier molecular flexibility index (Phi) is 5.79. The van der Waals surface area contributed by atoms with Gasteiger partial charge in [-0.05, 0) is 50.0 Å². The SMILES string of the molecule is CS(=O)(=O)N1CCC(C(=O)NC2CCC(c3ccccc3)CC2)CC1. The van der Waals surface area contributed by atoms with Crippen molar-refractivity contribution in [1.82, 2.24) is 9.62 Å². The van der Waals surface area contributed by atoms with Crippen LogP contribution in [0.25, 0.3) is 0 Å². The van der Waals surface area contributed by atoms with Crippen molar-refractivity contribution >= 4 is 15.9 Å². The van der Waals surface area contributed by atoms with Crippen LogP contribution in [-0.4, -0.2) is 44.0 Å². The molecule has 5 nitrogen and oxygen atoms in total. The number of nitrogens with zero attached hydrogens (tertiary/aromatic N) is 1. The molecule has 1 heterocycles. The Morgan fingerprint density at radius 2 is 1.60 bits per heavy atom. The molecule has 138 valence electrons. The first-order valence-electron chi connectivity index (χ1n) is 9.24. The van der Waals surface area contributed by atoms with E-state index in [9.17, 15) is 13.2 Å². The van der Waals surface area contributed by atoms with Crippen molar-refractivity contribution in [2.75, 3.05) is 19.3 Å². The normalized spacial score (nSPS) is 26.3. The minimum Gasteiger partial charge on any atom is -0.353 e. The first-order valence-corrected chi connectivity index (χ1v) is 11.1. The fourth-order valence-corrected chi connectivity index (χ4v) is 4.94. The highest BCUT2D eigenvalue weighted by molar-refractivity contribution is 7.88. The largest absolute Gasteiger partial charge is 0.353 e. The number of piperidine rings is 1. The summed E-state index contributed by atoms with van der Waals surface area (Å²) in [5.41, 5.74) is 1.40. The molecule has 2 aliphatic rings. The first-order chi connectivity index (χ1) is 11.9. The number of carbonyl (C=O) groups excluding carboxylic acids is 1. The average Bonchev–Trinajstić information content (AvgIpc) is 2.62. The van der Waals surface area contributed by atoms with Crippen LogP contribution in [0.3, 0.4) is 0 Å². The van der Waals surface area contributed by atoms with Gasteiger partial charge >= 0.3 is 0 Å². The highest BCUT2D eigenvalue weighted by atomic mass is 32.2. The Hall–Kier alpha value is -1.40.